The Morgan fingerprint density at radius 1 is 1.65 bits per heavy atom. The average molecular weight is 244 g/mol. The maximum atomic E-state index is 10.9. The number of rotatable bonds is 6. The second-order valence-corrected chi connectivity index (χ2v) is 3.60. The lowest BCUT2D eigenvalue weighted by Gasteiger charge is -2.09. The monoisotopic (exact) mass is 244 g/mol. The van der Waals surface area contributed by atoms with Gasteiger partial charge in [0.1, 0.15) is 5.69 Å². The molecule has 0 saturated carbocycles. The van der Waals surface area contributed by atoms with E-state index in [-0.39, 0.29) is 18.1 Å². The summed E-state index contributed by atoms with van der Waals surface area (Å²) in [6.45, 7) is 1.40. The second kappa shape index (κ2) is 5.60. The van der Waals surface area contributed by atoms with Gasteiger partial charge in [-0.1, -0.05) is 6.92 Å². The van der Waals surface area contributed by atoms with Crippen molar-refractivity contribution in [3.05, 3.63) is 15.8 Å². The Morgan fingerprint density at radius 3 is 2.76 bits per heavy atom. The molecule has 1 rings (SSSR count). The highest BCUT2D eigenvalue weighted by Gasteiger charge is 2.25. The molecule has 96 valence electrons. The van der Waals surface area contributed by atoms with Crippen molar-refractivity contribution in [2.75, 3.05) is 18.5 Å². The van der Waals surface area contributed by atoms with Gasteiger partial charge >= 0.3 is 5.69 Å². The van der Waals surface area contributed by atoms with E-state index in [2.05, 4.69) is 10.4 Å². The van der Waals surface area contributed by atoms with Crippen LogP contribution in [0.1, 0.15) is 12.6 Å². The number of anilines is 1. The van der Waals surface area contributed by atoms with Crippen LogP contribution in [0.5, 0.6) is 0 Å². The number of hydrogen-bond acceptors (Lipinski definition) is 6. The SMILES string of the molecule is CCc1nn(C)c(NCC(O)CO)c1[N+](=O)[O-]. The van der Waals surface area contributed by atoms with Gasteiger partial charge in [0.2, 0.25) is 5.82 Å². The number of aliphatic hydroxyl groups excluding tert-OH is 2. The Kier molecular flexibility index (Phi) is 4.41. The Balaban J connectivity index is 2.97. The molecule has 0 amide bonds. The number of aromatic nitrogens is 2. The molecule has 1 aromatic heterocycles. The van der Waals surface area contributed by atoms with Gasteiger partial charge in [0.25, 0.3) is 0 Å². The van der Waals surface area contributed by atoms with Gasteiger partial charge in [0.15, 0.2) is 0 Å². The van der Waals surface area contributed by atoms with Crippen LogP contribution in [0.4, 0.5) is 11.5 Å². The molecule has 0 bridgehead atoms. The molecule has 0 aliphatic rings. The molecule has 0 spiro atoms. The van der Waals surface area contributed by atoms with Crippen molar-refractivity contribution in [1.82, 2.24) is 9.78 Å². The molecule has 3 N–H and O–H groups in total. The smallest absolute Gasteiger partial charge is 0.333 e. The number of hydrogen-bond donors (Lipinski definition) is 3. The molecule has 1 unspecified atom stereocenters. The van der Waals surface area contributed by atoms with Crippen LogP contribution in [0.3, 0.4) is 0 Å². The number of nitro groups is 1. The fourth-order valence-corrected chi connectivity index (χ4v) is 1.48. The molecule has 0 aliphatic heterocycles. The lowest BCUT2D eigenvalue weighted by Crippen LogP contribution is -2.24. The minimum absolute atomic E-state index is 0.0278. The zero-order valence-corrected chi connectivity index (χ0v) is 9.75. The van der Waals surface area contributed by atoms with E-state index in [1.807, 2.05) is 0 Å². The third-order valence-corrected chi connectivity index (χ3v) is 2.33. The van der Waals surface area contributed by atoms with Gasteiger partial charge in [0.05, 0.1) is 17.6 Å². The minimum atomic E-state index is -0.963. The normalized spacial score (nSPS) is 12.5. The molecule has 1 heterocycles. The van der Waals surface area contributed by atoms with Gasteiger partial charge in [-0.25, -0.2) is 4.68 Å². The predicted octanol–water partition coefficient (Wildman–Crippen LogP) is -0.344. The summed E-state index contributed by atoms with van der Waals surface area (Å²) in [4.78, 5) is 10.4. The number of aliphatic hydroxyl groups is 2. The summed E-state index contributed by atoms with van der Waals surface area (Å²) < 4.78 is 1.36. The number of nitrogens with one attached hydrogen (secondary N) is 1. The Morgan fingerprint density at radius 2 is 2.29 bits per heavy atom. The third kappa shape index (κ3) is 2.92. The molecule has 0 aliphatic carbocycles. The van der Waals surface area contributed by atoms with Gasteiger partial charge < -0.3 is 15.5 Å². The van der Waals surface area contributed by atoms with E-state index in [1.54, 1.807) is 14.0 Å². The molecule has 0 fully saturated rings. The van der Waals surface area contributed by atoms with E-state index in [9.17, 15) is 15.2 Å². The molecule has 8 nitrogen and oxygen atoms in total. The van der Waals surface area contributed by atoms with E-state index < -0.39 is 17.6 Å². The van der Waals surface area contributed by atoms with E-state index in [1.165, 1.54) is 4.68 Å². The van der Waals surface area contributed by atoms with Crippen molar-refractivity contribution in [3.63, 3.8) is 0 Å². The molecule has 0 saturated heterocycles. The van der Waals surface area contributed by atoms with Crippen molar-refractivity contribution in [1.29, 1.82) is 0 Å². The fraction of sp³-hybridized carbons (Fsp3) is 0.667. The van der Waals surface area contributed by atoms with Gasteiger partial charge in [-0.3, -0.25) is 10.1 Å². The van der Waals surface area contributed by atoms with Crippen LogP contribution in [0.2, 0.25) is 0 Å². The fourth-order valence-electron chi connectivity index (χ4n) is 1.48. The van der Waals surface area contributed by atoms with Crippen molar-refractivity contribution >= 4 is 11.5 Å². The summed E-state index contributed by atoms with van der Waals surface area (Å²) in [5.74, 6) is 0.236. The number of aryl methyl sites for hydroxylation is 2. The van der Waals surface area contributed by atoms with E-state index in [0.717, 1.165) is 0 Å². The van der Waals surface area contributed by atoms with Crippen LogP contribution >= 0.6 is 0 Å². The standard InChI is InChI=1S/C9H16N4O4/c1-3-7-8(13(16)17)9(12(2)11-7)10-4-6(15)5-14/h6,10,14-15H,3-5H2,1-2H3. The number of nitrogens with zero attached hydrogens (tertiary/aromatic N) is 3. The largest absolute Gasteiger partial charge is 0.394 e. The minimum Gasteiger partial charge on any atom is -0.394 e. The molecule has 1 aromatic rings. The molecule has 0 aromatic carbocycles. The average Bonchev–Trinajstić information content (AvgIpc) is 2.62. The lowest BCUT2D eigenvalue weighted by molar-refractivity contribution is -0.384. The molecular formula is C9H16N4O4. The first-order valence-corrected chi connectivity index (χ1v) is 5.24. The van der Waals surface area contributed by atoms with Crippen LogP contribution in [0.15, 0.2) is 0 Å². The zero-order chi connectivity index (χ0) is 13.0. The Hall–Kier alpha value is -1.67. The van der Waals surface area contributed by atoms with Crippen molar-refractivity contribution in [2.24, 2.45) is 7.05 Å². The highest BCUT2D eigenvalue weighted by Crippen LogP contribution is 2.28. The van der Waals surface area contributed by atoms with Crippen LogP contribution < -0.4 is 5.32 Å². The molecular weight excluding hydrogens is 228 g/mol. The highest BCUT2D eigenvalue weighted by atomic mass is 16.6. The summed E-state index contributed by atoms with van der Waals surface area (Å²) in [5, 5.41) is 35.5. The molecule has 8 heteroatoms. The summed E-state index contributed by atoms with van der Waals surface area (Å²) in [5.41, 5.74) is 0.304. The second-order valence-electron chi connectivity index (χ2n) is 3.60. The van der Waals surface area contributed by atoms with Crippen molar-refractivity contribution < 1.29 is 15.1 Å². The summed E-state index contributed by atoms with van der Waals surface area (Å²) in [6.07, 6.45) is -0.511. The molecule has 1 atom stereocenters. The summed E-state index contributed by atoms with van der Waals surface area (Å²) >= 11 is 0. The van der Waals surface area contributed by atoms with E-state index in [0.29, 0.717) is 12.1 Å². The van der Waals surface area contributed by atoms with Gasteiger partial charge in [0, 0.05) is 13.6 Å². The van der Waals surface area contributed by atoms with Crippen molar-refractivity contribution in [2.45, 2.75) is 19.4 Å². The summed E-state index contributed by atoms with van der Waals surface area (Å²) in [7, 11) is 1.58. The Bertz CT molecular complexity index is 404. The first kappa shape index (κ1) is 13.4. The topological polar surface area (TPSA) is 113 Å². The summed E-state index contributed by atoms with van der Waals surface area (Å²) in [6, 6.07) is 0. The maximum absolute atomic E-state index is 10.9. The first-order valence-electron chi connectivity index (χ1n) is 5.24. The van der Waals surface area contributed by atoms with Crippen LogP contribution in [-0.2, 0) is 13.5 Å². The Labute approximate surface area is 98.0 Å². The quantitative estimate of drug-likeness (QED) is 0.466. The van der Waals surface area contributed by atoms with Gasteiger partial charge in [-0.05, 0) is 6.42 Å². The van der Waals surface area contributed by atoms with Crippen LogP contribution in [0.25, 0.3) is 0 Å². The lowest BCUT2D eigenvalue weighted by atomic mass is 10.3. The predicted molar refractivity (Wildman–Crippen MR) is 60.8 cm³/mol. The van der Waals surface area contributed by atoms with Crippen LogP contribution in [0, 0.1) is 10.1 Å². The van der Waals surface area contributed by atoms with E-state index in [4.69, 9.17) is 5.11 Å². The zero-order valence-electron chi connectivity index (χ0n) is 9.75. The first-order chi connectivity index (χ1) is 8.01. The van der Waals surface area contributed by atoms with Gasteiger partial charge in [-0.15, -0.1) is 0 Å². The van der Waals surface area contributed by atoms with E-state index >= 15 is 0 Å². The molecule has 0 radical (unpaired) electrons. The maximum Gasteiger partial charge on any atom is 0.333 e. The third-order valence-electron chi connectivity index (χ3n) is 2.33. The highest BCUT2D eigenvalue weighted by molar-refractivity contribution is 5.59. The van der Waals surface area contributed by atoms with Gasteiger partial charge in [-0.2, -0.15) is 5.10 Å². The molecule has 17 heavy (non-hydrogen) atoms. The van der Waals surface area contributed by atoms with Crippen molar-refractivity contribution in [3.8, 4) is 0 Å². The van der Waals surface area contributed by atoms with Crippen LogP contribution in [-0.4, -0.2) is 44.2 Å².